The molecule has 0 spiro atoms. The number of carbonyl (C=O) groups is 1. The van der Waals surface area contributed by atoms with Crippen LogP contribution in [0.5, 0.6) is 0 Å². The van der Waals surface area contributed by atoms with E-state index in [1.807, 2.05) is 4.90 Å². The zero-order valence-electron chi connectivity index (χ0n) is 9.90. The van der Waals surface area contributed by atoms with E-state index in [0.717, 1.165) is 19.4 Å². The molecule has 0 aliphatic carbocycles. The van der Waals surface area contributed by atoms with Gasteiger partial charge in [-0.05, 0) is 29.9 Å². The molecule has 4 heteroatoms. The zero-order valence-corrected chi connectivity index (χ0v) is 10.7. The van der Waals surface area contributed by atoms with Crippen LogP contribution in [0.4, 0.5) is 4.79 Å². The minimum absolute atomic E-state index is 0.0494. The Morgan fingerprint density at radius 1 is 1.76 bits per heavy atom. The number of thiophene rings is 1. The van der Waals surface area contributed by atoms with Crippen molar-refractivity contribution in [3.8, 4) is 12.3 Å². The summed E-state index contributed by atoms with van der Waals surface area (Å²) in [5.41, 5.74) is 1.31. The van der Waals surface area contributed by atoms with E-state index in [1.165, 1.54) is 10.4 Å². The third kappa shape index (κ3) is 2.29. The van der Waals surface area contributed by atoms with Gasteiger partial charge in [0, 0.05) is 11.4 Å². The first-order valence-corrected chi connectivity index (χ1v) is 6.70. The van der Waals surface area contributed by atoms with Gasteiger partial charge in [-0.1, -0.05) is 12.8 Å². The van der Waals surface area contributed by atoms with E-state index in [1.54, 1.807) is 11.3 Å². The maximum atomic E-state index is 12.0. The first kappa shape index (κ1) is 12.0. The quantitative estimate of drug-likeness (QED) is 0.801. The monoisotopic (exact) mass is 248 g/mol. The number of nitrogens with one attached hydrogen (secondary N) is 1. The molecule has 1 atom stereocenters. The number of urea groups is 1. The Morgan fingerprint density at radius 2 is 2.59 bits per heavy atom. The Hall–Kier alpha value is -1.47. The van der Waals surface area contributed by atoms with Crippen LogP contribution in [0.15, 0.2) is 11.4 Å². The molecule has 90 valence electrons. The molecule has 2 amide bonds. The van der Waals surface area contributed by atoms with Crippen molar-refractivity contribution in [2.45, 2.75) is 25.8 Å². The molecule has 0 radical (unpaired) electrons. The van der Waals surface area contributed by atoms with Crippen molar-refractivity contribution in [3.05, 3.63) is 21.9 Å². The lowest BCUT2D eigenvalue weighted by Crippen LogP contribution is -2.45. The fraction of sp³-hybridized carbons (Fsp3) is 0.462. The summed E-state index contributed by atoms with van der Waals surface area (Å²) < 4.78 is 0. The van der Waals surface area contributed by atoms with Crippen molar-refractivity contribution in [2.24, 2.45) is 0 Å². The first-order chi connectivity index (χ1) is 8.27. The fourth-order valence-corrected chi connectivity index (χ4v) is 3.24. The minimum atomic E-state index is -0.0494. The zero-order chi connectivity index (χ0) is 12.3. The summed E-state index contributed by atoms with van der Waals surface area (Å²) in [7, 11) is 0. The van der Waals surface area contributed by atoms with E-state index < -0.39 is 0 Å². The Labute approximate surface area is 106 Å². The van der Waals surface area contributed by atoms with Gasteiger partial charge in [-0.25, -0.2) is 4.79 Å². The van der Waals surface area contributed by atoms with E-state index in [-0.39, 0.29) is 12.1 Å². The number of terminal acetylenes is 1. The van der Waals surface area contributed by atoms with Crippen molar-refractivity contribution >= 4 is 17.4 Å². The predicted octanol–water partition coefficient (Wildman–Crippen LogP) is 2.40. The molecule has 17 heavy (non-hydrogen) atoms. The predicted molar refractivity (Wildman–Crippen MR) is 70.0 cm³/mol. The molecular weight excluding hydrogens is 232 g/mol. The maximum absolute atomic E-state index is 12.0. The van der Waals surface area contributed by atoms with Gasteiger partial charge in [0.05, 0.1) is 12.6 Å². The van der Waals surface area contributed by atoms with E-state index in [0.29, 0.717) is 6.54 Å². The van der Waals surface area contributed by atoms with Gasteiger partial charge >= 0.3 is 6.03 Å². The lowest BCUT2D eigenvalue weighted by atomic mass is 9.98. The van der Waals surface area contributed by atoms with Crippen LogP contribution in [0.3, 0.4) is 0 Å². The summed E-state index contributed by atoms with van der Waals surface area (Å²) in [6, 6.07) is 2.28. The standard InChI is InChI=1S/C13H16N2OS/c1-3-7-14-13(16)15-8-5-12-10(6-9-17-12)11(15)4-2/h1,6,9,11H,4-5,7-8H2,2H3,(H,14,16)/t11-/m0/s1. The van der Waals surface area contributed by atoms with Gasteiger partial charge in [-0.3, -0.25) is 0 Å². The molecule has 1 aliphatic heterocycles. The number of hydrogen-bond donors (Lipinski definition) is 1. The van der Waals surface area contributed by atoms with Crippen LogP contribution in [0, 0.1) is 12.3 Å². The summed E-state index contributed by atoms with van der Waals surface area (Å²) >= 11 is 1.79. The van der Waals surface area contributed by atoms with Gasteiger partial charge in [-0.15, -0.1) is 17.8 Å². The molecule has 0 fully saturated rings. The highest BCUT2D eigenvalue weighted by molar-refractivity contribution is 7.10. The van der Waals surface area contributed by atoms with Gasteiger partial charge in [-0.2, -0.15) is 0 Å². The second kappa shape index (κ2) is 5.24. The lowest BCUT2D eigenvalue weighted by Gasteiger charge is -2.35. The van der Waals surface area contributed by atoms with Crippen molar-refractivity contribution in [1.82, 2.24) is 10.2 Å². The Morgan fingerprint density at radius 3 is 3.29 bits per heavy atom. The molecule has 0 unspecified atom stereocenters. The molecule has 2 heterocycles. The second-order valence-electron chi connectivity index (χ2n) is 4.03. The van der Waals surface area contributed by atoms with Crippen LogP contribution >= 0.6 is 11.3 Å². The number of nitrogens with zero attached hydrogens (tertiary/aromatic N) is 1. The number of amides is 2. The molecule has 1 aliphatic rings. The molecule has 0 saturated carbocycles. The van der Waals surface area contributed by atoms with Crippen LogP contribution in [-0.2, 0) is 6.42 Å². The molecule has 0 bridgehead atoms. The van der Waals surface area contributed by atoms with Crippen LogP contribution in [0.2, 0.25) is 0 Å². The van der Waals surface area contributed by atoms with E-state index in [4.69, 9.17) is 6.42 Å². The van der Waals surface area contributed by atoms with Gasteiger partial charge in [0.2, 0.25) is 0 Å². The molecule has 1 aromatic rings. The van der Waals surface area contributed by atoms with E-state index >= 15 is 0 Å². The number of rotatable bonds is 2. The van der Waals surface area contributed by atoms with Crippen LogP contribution < -0.4 is 5.32 Å². The highest BCUT2D eigenvalue weighted by Crippen LogP contribution is 2.34. The average Bonchev–Trinajstić information content (AvgIpc) is 2.82. The largest absolute Gasteiger partial charge is 0.327 e. The molecule has 0 saturated heterocycles. The molecule has 2 rings (SSSR count). The second-order valence-corrected chi connectivity index (χ2v) is 5.03. The topological polar surface area (TPSA) is 32.3 Å². The molecule has 1 N–H and O–H groups in total. The third-order valence-corrected chi connectivity index (χ3v) is 4.08. The van der Waals surface area contributed by atoms with Crippen LogP contribution in [0.1, 0.15) is 29.8 Å². The highest BCUT2D eigenvalue weighted by Gasteiger charge is 2.29. The van der Waals surface area contributed by atoms with Gasteiger partial charge in [0.1, 0.15) is 0 Å². The summed E-state index contributed by atoms with van der Waals surface area (Å²) in [6.07, 6.45) is 7.04. The SMILES string of the molecule is C#CCNC(=O)N1CCc2sccc2[C@@H]1CC. The van der Waals surface area contributed by atoms with Crippen molar-refractivity contribution in [3.63, 3.8) is 0 Å². The number of hydrogen-bond acceptors (Lipinski definition) is 2. The maximum Gasteiger partial charge on any atom is 0.318 e. The summed E-state index contributed by atoms with van der Waals surface area (Å²) in [6.45, 7) is 3.18. The Kier molecular flexibility index (Phi) is 3.70. The summed E-state index contributed by atoms with van der Waals surface area (Å²) in [5, 5.41) is 4.85. The smallest absolute Gasteiger partial charge is 0.318 e. The van der Waals surface area contributed by atoms with Gasteiger partial charge in [0.25, 0.3) is 0 Å². The van der Waals surface area contributed by atoms with E-state index in [2.05, 4.69) is 29.6 Å². The first-order valence-electron chi connectivity index (χ1n) is 5.82. The molecule has 3 nitrogen and oxygen atoms in total. The molecule has 1 aromatic heterocycles. The highest BCUT2D eigenvalue weighted by atomic mass is 32.1. The Bertz CT molecular complexity index is 447. The van der Waals surface area contributed by atoms with E-state index in [9.17, 15) is 4.79 Å². The van der Waals surface area contributed by atoms with Crippen LogP contribution in [0.25, 0.3) is 0 Å². The lowest BCUT2D eigenvalue weighted by molar-refractivity contribution is 0.169. The summed E-state index contributed by atoms with van der Waals surface area (Å²) in [5.74, 6) is 2.43. The van der Waals surface area contributed by atoms with Crippen molar-refractivity contribution in [2.75, 3.05) is 13.1 Å². The van der Waals surface area contributed by atoms with Gasteiger partial charge < -0.3 is 10.2 Å². The normalized spacial score (nSPS) is 18.4. The van der Waals surface area contributed by atoms with Crippen molar-refractivity contribution in [1.29, 1.82) is 0 Å². The van der Waals surface area contributed by atoms with Crippen LogP contribution in [-0.4, -0.2) is 24.0 Å². The minimum Gasteiger partial charge on any atom is -0.327 e. The Balaban J connectivity index is 2.15. The average molecular weight is 248 g/mol. The fourth-order valence-electron chi connectivity index (χ4n) is 2.31. The number of carbonyl (C=O) groups excluding carboxylic acids is 1. The van der Waals surface area contributed by atoms with Gasteiger partial charge in [0.15, 0.2) is 0 Å². The third-order valence-electron chi connectivity index (χ3n) is 3.08. The van der Waals surface area contributed by atoms with Crippen molar-refractivity contribution < 1.29 is 4.79 Å². The number of fused-ring (bicyclic) bond motifs is 1. The molecular formula is C13H16N2OS. The summed E-state index contributed by atoms with van der Waals surface area (Å²) in [4.78, 5) is 15.3. The molecule has 0 aromatic carbocycles.